The maximum absolute atomic E-state index is 13.8. The Kier molecular flexibility index (Phi) is 3.16. The van der Waals surface area contributed by atoms with Crippen LogP contribution in [-0.2, 0) is 12.8 Å². The summed E-state index contributed by atoms with van der Waals surface area (Å²) < 4.78 is 40.9. The Bertz CT molecular complexity index is 718. The highest BCUT2D eigenvalue weighted by Crippen LogP contribution is 2.20. The number of hydrogen-bond acceptors (Lipinski definition) is 1. The lowest BCUT2D eigenvalue weighted by Gasteiger charge is -2.05. The highest BCUT2D eigenvalue weighted by Gasteiger charge is 2.20. The van der Waals surface area contributed by atoms with Gasteiger partial charge in [0, 0.05) is 23.4 Å². The zero-order chi connectivity index (χ0) is 14.3. The number of aryl methyl sites for hydroxylation is 1. The van der Waals surface area contributed by atoms with Crippen LogP contribution in [0.5, 0.6) is 0 Å². The molecule has 3 rings (SSSR count). The molecule has 0 radical (unpaired) electrons. The molecule has 0 bridgehead atoms. The molecular formula is C14H13F3N2O. The SMILES string of the molecule is O=c1c2c([nH]n1-c1cc(F)c(F)cc1F)CCCCC2. The van der Waals surface area contributed by atoms with E-state index in [0.717, 1.165) is 29.6 Å². The van der Waals surface area contributed by atoms with E-state index >= 15 is 0 Å². The molecule has 0 amide bonds. The van der Waals surface area contributed by atoms with E-state index in [0.29, 0.717) is 30.5 Å². The standard InChI is InChI=1S/C14H13F3N2O/c15-9-6-11(17)13(7-10(9)16)19-14(20)8-4-2-1-3-5-12(8)18-19/h6-7,18H,1-5H2. The Hall–Kier alpha value is -1.98. The first-order valence-electron chi connectivity index (χ1n) is 6.55. The summed E-state index contributed by atoms with van der Waals surface area (Å²) in [7, 11) is 0. The molecule has 0 saturated carbocycles. The molecule has 0 fully saturated rings. The number of fused-ring (bicyclic) bond motifs is 1. The first-order valence-corrected chi connectivity index (χ1v) is 6.55. The van der Waals surface area contributed by atoms with Gasteiger partial charge in [-0.2, -0.15) is 0 Å². The van der Waals surface area contributed by atoms with Crippen LogP contribution in [0.3, 0.4) is 0 Å². The molecule has 0 atom stereocenters. The zero-order valence-corrected chi connectivity index (χ0v) is 10.7. The number of halogens is 3. The number of H-pyrrole nitrogens is 1. The maximum Gasteiger partial charge on any atom is 0.274 e. The van der Waals surface area contributed by atoms with E-state index < -0.39 is 17.5 Å². The van der Waals surface area contributed by atoms with Crippen molar-refractivity contribution in [3.8, 4) is 5.69 Å². The first kappa shape index (κ1) is 13.0. The molecule has 1 aromatic heterocycles. The molecule has 3 nitrogen and oxygen atoms in total. The fraction of sp³-hybridized carbons (Fsp3) is 0.357. The van der Waals surface area contributed by atoms with Gasteiger partial charge in [-0.1, -0.05) is 6.42 Å². The summed E-state index contributed by atoms with van der Waals surface area (Å²) in [6.45, 7) is 0. The highest BCUT2D eigenvalue weighted by molar-refractivity contribution is 5.36. The van der Waals surface area contributed by atoms with Gasteiger partial charge in [0.05, 0.1) is 0 Å². The van der Waals surface area contributed by atoms with Gasteiger partial charge in [-0.3, -0.25) is 9.89 Å². The van der Waals surface area contributed by atoms with Crippen molar-refractivity contribution in [3.05, 3.63) is 51.2 Å². The van der Waals surface area contributed by atoms with Gasteiger partial charge in [0.2, 0.25) is 0 Å². The van der Waals surface area contributed by atoms with Crippen molar-refractivity contribution in [1.82, 2.24) is 9.78 Å². The summed E-state index contributed by atoms with van der Waals surface area (Å²) in [5.41, 5.74) is 0.706. The minimum Gasteiger partial charge on any atom is -0.295 e. The highest BCUT2D eigenvalue weighted by atomic mass is 19.2. The van der Waals surface area contributed by atoms with Crippen molar-refractivity contribution >= 4 is 0 Å². The van der Waals surface area contributed by atoms with E-state index in [4.69, 9.17) is 0 Å². The van der Waals surface area contributed by atoms with Crippen LogP contribution in [0.25, 0.3) is 5.69 Å². The average Bonchev–Trinajstić information content (AvgIpc) is 2.61. The number of rotatable bonds is 1. The fourth-order valence-electron chi connectivity index (χ4n) is 2.62. The van der Waals surface area contributed by atoms with Crippen molar-refractivity contribution in [1.29, 1.82) is 0 Å². The third-order valence-electron chi connectivity index (χ3n) is 3.66. The van der Waals surface area contributed by atoms with Gasteiger partial charge in [0.1, 0.15) is 5.69 Å². The van der Waals surface area contributed by atoms with Crippen LogP contribution >= 0.6 is 0 Å². The first-order chi connectivity index (χ1) is 9.58. The third kappa shape index (κ3) is 2.05. The lowest BCUT2D eigenvalue weighted by molar-refractivity contribution is 0.490. The van der Waals surface area contributed by atoms with Gasteiger partial charge >= 0.3 is 0 Å². The van der Waals surface area contributed by atoms with Crippen LogP contribution in [-0.4, -0.2) is 9.78 Å². The van der Waals surface area contributed by atoms with Crippen LogP contribution < -0.4 is 5.56 Å². The van der Waals surface area contributed by atoms with Crippen LogP contribution in [0.2, 0.25) is 0 Å². The summed E-state index contributed by atoms with van der Waals surface area (Å²) >= 11 is 0. The number of aromatic amines is 1. The maximum atomic E-state index is 13.8. The van der Waals surface area contributed by atoms with E-state index in [1.807, 2.05) is 0 Å². The molecule has 0 saturated heterocycles. The summed E-state index contributed by atoms with van der Waals surface area (Å²) in [5, 5.41) is 2.82. The molecule has 1 N–H and O–H groups in total. The van der Waals surface area contributed by atoms with Gasteiger partial charge < -0.3 is 0 Å². The number of nitrogens with zero attached hydrogens (tertiary/aromatic N) is 1. The Morgan fingerprint density at radius 1 is 0.950 bits per heavy atom. The normalized spacial score (nSPS) is 14.9. The number of aromatic nitrogens is 2. The van der Waals surface area contributed by atoms with Crippen LogP contribution in [0.4, 0.5) is 13.2 Å². The monoisotopic (exact) mass is 282 g/mol. The van der Waals surface area contributed by atoms with E-state index in [1.54, 1.807) is 0 Å². The van der Waals surface area contributed by atoms with Crippen molar-refractivity contribution in [3.63, 3.8) is 0 Å². The molecule has 1 aliphatic rings. The second kappa shape index (κ2) is 4.85. The average molecular weight is 282 g/mol. The molecule has 1 heterocycles. The van der Waals surface area contributed by atoms with Crippen molar-refractivity contribution in [2.45, 2.75) is 32.1 Å². The summed E-state index contributed by atoms with van der Waals surface area (Å²) in [6, 6.07) is 1.14. The van der Waals surface area contributed by atoms with E-state index in [1.165, 1.54) is 0 Å². The number of nitrogens with one attached hydrogen (secondary N) is 1. The van der Waals surface area contributed by atoms with E-state index in [9.17, 15) is 18.0 Å². The van der Waals surface area contributed by atoms with Gasteiger partial charge in [0.25, 0.3) is 5.56 Å². The summed E-state index contributed by atoms with van der Waals surface area (Å²) in [6.07, 6.45) is 4.24. The molecule has 20 heavy (non-hydrogen) atoms. The van der Waals surface area contributed by atoms with Gasteiger partial charge in [0.15, 0.2) is 17.5 Å². The second-order valence-electron chi connectivity index (χ2n) is 4.99. The molecule has 106 valence electrons. The second-order valence-corrected chi connectivity index (χ2v) is 4.99. The predicted octanol–water partition coefficient (Wildman–Crippen LogP) is 2.85. The summed E-state index contributed by atoms with van der Waals surface area (Å²) in [4.78, 5) is 12.3. The molecule has 0 spiro atoms. The number of benzene rings is 1. The van der Waals surface area contributed by atoms with Gasteiger partial charge in [-0.05, 0) is 25.7 Å². The zero-order valence-electron chi connectivity index (χ0n) is 10.7. The molecule has 1 aliphatic carbocycles. The molecular weight excluding hydrogens is 269 g/mol. The van der Waals surface area contributed by atoms with Crippen molar-refractivity contribution < 1.29 is 13.2 Å². The van der Waals surface area contributed by atoms with E-state index in [-0.39, 0.29) is 11.2 Å². The Morgan fingerprint density at radius 2 is 1.65 bits per heavy atom. The van der Waals surface area contributed by atoms with Crippen molar-refractivity contribution in [2.75, 3.05) is 0 Å². The minimum absolute atomic E-state index is 0.290. The lowest BCUT2D eigenvalue weighted by atomic mass is 10.1. The van der Waals surface area contributed by atoms with Gasteiger partial charge in [-0.15, -0.1) is 0 Å². The lowest BCUT2D eigenvalue weighted by Crippen LogP contribution is -2.19. The molecule has 2 aromatic rings. The Labute approximate surface area is 113 Å². The Balaban J connectivity index is 2.16. The summed E-state index contributed by atoms with van der Waals surface area (Å²) in [5.74, 6) is -3.42. The van der Waals surface area contributed by atoms with Crippen molar-refractivity contribution in [2.24, 2.45) is 0 Å². The number of hydrogen-bond donors (Lipinski definition) is 1. The smallest absolute Gasteiger partial charge is 0.274 e. The molecule has 1 aromatic carbocycles. The largest absolute Gasteiger partial charge is 0.295 e. The van der Waals surface area contributed by atoms with E-state index in [2.05, 4.69) is 5.10 Å². The van der Waals surface area contributed by atoms with Gasteiger partial charge in [-0.25, -0.2) is 17.9 Å². The quantitative estimate of drug-likeness (QED) is 0.634. The Morgan fingerprint density at radius 3 is 2.45 bits per heavy atom. The van der Waals surface area contributed by atoms with Crippen LogP contribution in [0.15, 0.2) is 16.9 Å². The molecule has 6 heteroatoms. The third-order valence-corrected chi connectivity index (χ3v) is 3.66. The van der Waals surface area contributed by atoms with Crippen LogP contribution in [0, 0.1) is 17.5 Å². The fourth-order valence-corrected chi connectivity index (χ4v) is 2.62. The van der Waals surface area contributed by atoms with Crippen LogP contribution in [0.1, 0.15) is 30.5 Å². The molecule has 0 aliphatic heterocycles. The minimum atomic E-state index is -1.27. The topological polar surface area (TPSA) is 37.8 Å². The predicted molar refractivity (Wildman–Crippen MR) is 67.5 cm³/mol. The molecule has 0 unspecified atom stereocenters.